The molecule has 0 aromatic heterocycles. The molecule has 1 saturated heterocycles. The summed E-state index contributed by atoms with van der Waals surface area (Å²) in [6.07, 6.45) is -0.303. The second kappa shape index (κ2) is 8.03. The van der Waals surface area contributed by atoms with E-state index >= 15 is 0 Å². The average Bonchev–Trinajstić information content (AvgIpc) is 2.54. The Balaban J connectivity index is 1.75. The molecule has 0 atom stereocenters. The summed E-state index contributed by atoms with van der Waals surface area (Å²) in [7, 11) is 0. The number of carbonyl (C=O) groups excluding carboxylic acids is 2. The van der Waals surface area contributed by atoms with Crippen molar-refractivity contribution in [2.24, 2.45) is 0 Å². The highest BCUT2D eigenvalue weighted by atomic mass is 79.9. The maximum atomic E-state index is 12.2. The molecule has 0 spiro atoms. The molecule has 0 aliphatic carbocycles. The Hall–Kier alpha value is -1.76. The molecule has 22 heavy (non-hydrogen) atoms. The molecule has 0 saturated carbocycles. The number of anilines is 1. The Morgan fingerprint density at radius 1 is 1.14 bits per heavy atom. The van der Waals surface area contributed by atoms with Crippen molar-refractivity contribution in [3.05, 3.63) is 28.7 Å². The van der Waals surface area contributed by atoms with Gasteiger partial charge in [0, 0.05) is 36.3 Å². The molecule has 2 amide bonds. The van der Waals surface area contributed by atoms with E-state index in [1.165, 1.54) is 0 Å². The SMILES string of the molecule is CCOC(=O)N1CCN(C(=O)CNc2ccc(Br)cc2)CC1. The van der Waals surface area contributed by atoms with Crippen LogP contribution in [0.25, 0.3) is 0 Å². The lowest BCUT2D eigenvalue weighted by Crippen LogP contribution is -2.51. The number of benzene rings is 1. The zero-order valence-corrected chi connectivity index (χ0v) is 14.1. The van der Waals surface area contributed by atoms with Gasteiger partial charge in [0.25, 0.3) is 0 Å². The van der Waals surface area contributed by atoms with E-state index in [1.54, 1.807) is 16.7 Å². The van der Waals surface area contributed by atoms with Crippen LogP contribution in [0, 0.1) is 0 Å². The van der Waals surface area contributed by atoms with Crippen LogP contribution < -0.4 is 5.32 Å². The van der Waals surface area contributed by atoms with Crippen LogP contribution >= 0.6 is 15.9 Å². The van der Waals surface area contributed by atoms with E-state index in [0.29, 0.717) is 32.8 Å². The van der Waals surface area contributed by atoms with Crippen molar-refractivity contribution in [1.82, 2.24) is 9.80 Å². The number of nitrogens with one attached hydrogen (secondary N) is 1. The molecule has 1 aromatic rings. The predicted molar refractivity (Wildman–Crippen MR) is 87.8 cm³/mol. The molecule has 0 radical (unpaired) electrons. The normalized spacial score (nSPS) is 14.6. The maximum absolute atomic E-state index is 12.2. The Morgan fingerprint density at radius 3 is 2.32 bits per heavy atom. The summed E-state index contributed by atoms with van der Waals surface area (Å²) >= 11 is 3.37. The Morgan fingerprint density at radius 2 is 1.73 bits per heavy atom. The van der Waals surface area contributed by atoms with Crippen LogP contribution in [0.15, 0.2) is 28.7 Å². The number of amides is 2. The van der Waals surface area contributed by atoms with Gasteiger partial charge in [-0.3, -0.25) is 4.79 Å². The van der Waals surface area contributed by atoms with Gasteiger partial charge in [-0.15, -0.1) is 0 Å². The first-order chi connectivity index (χ1) is 10.6. The smallest absolute Gasteiger partial charge is 0.409 e. The van der Waals surface area contributed by atoms with Gasteiger partial charge in [0.2, 0.25) is 5.91 Å². The Kier molecular flexibility index (Phi) is 6.06. The van der Waals surface area contributed by atoms with Gasteiger partial charge in [0.1, 0.15) is 0 Å². The van der Waals surface area contributed by atoms with E-state index in [0.717, 1.165) is 10.2 Å². The molecule has 1 N–H and O–H groups in total. The number of hydrogen-bond donors (Lipinski definition) is 1. The van der Waals surface area contributed by atoms with Crippen molar-refractivity contribution in [2.75, 3.05) is 44.6 Å². The van der Waals surface area contributed by atoms with Crippen LogP contribution in [0.4, 0.5) is 10.5 Å². The number of rotatable bonds is 4. The first-order valence-electron chi connectivity index (χ1n) is 7.29. The molecule has 120 valence electrons. The molecule has 1 aliphatic heterocycles. The van der Waals surface area contributed by atoms with Gasteiger partial charge in [-0.2, -0.15) is 0 Å². The second-order valence-electron chi connectivity index (χ2n) is 4.93. The van der Waals surface area contributed by atoms with Gasteiger partial charge in [0.15, 0.2) is 0 Å². The summed E-state index contributed by atoms with van der Waals surface area (Å²) in [5, 5.41) is 3.11. The highest BCUT2D eigenvalue weighted by Crippen LogP contribution is 2.14. The first kappa shape index (κ1) is 16.6. The van der Waals surface area contributed by atoms with Crippen LogP contribution in [0.2, 0.25) is 0 Å². The minimum atomic E-state index is -0.303. The van der Waals surface area contributed by atoms with Crippen molar-refractivity contribution in [1.29, 1.82) is 0 Å². The third kappa shape index (κ3) is 4.62. The standard InChI is InChI=1S/C15H20BrN3O3/c1-2-22-15(21)19-9-7-18(8-10-19)14(20)11-17-13-5-3-12(16)4-6-13/h3-6,17H,2,7-11H2,1H3. The van der Waals surface area contributed by atoms with Gasteiger partial charge >= 0.3 is 6.09 Å². The molecule has 2 rings (SSSR count). The molecule has 7 heteroatoms. The highest BCUT2D eigenvalue weighted by Gasteiger charge is 2.24. The summed E-state index contributed by atoms with van der Waals surface area (Å²) in [5.74, 6) is 0.0337. The van der Waals surface area contributed by atoms with E-state index in [-0.39, 0.29) is 18.5 Å². The average molecular weight is 370 g/mol. The molecular weight excluding hydrogens is 350 g/mol. The number of nitrogens with zero attached hydrogens (tertiary/aromatic N) is 2. The van der Waals surface area contributed by atoms with Crippen molar-refractivity contribution in [3.8, 4) is 0 Å². The summed E-state index contributed by atoms with van der Waals surface area (Å²) in [4.78, 5) is 27.2. The quantitative estimate of drug-likeness (QED) is 0.883. The molecule has 0 unspecified atom stereocenters. The van der Waals surface area contributed by atoms with E-state index in [4.69, 9.17) is 4.74 Å². The summed E-state index contributed by atoms with van der Waals surface area (Å²) in [6.45, 7) is 4.52. The fourth-order valence-electron chi connectivity index (χ4n) is 2.21. The summed E-state index contributed by atoms with van der Waals surface area (Å²) in [5.41, 5.74) is 0.904. The fraction of sp³-hybridized carbons (Fsp3) is 0.467. The van der Waals surface area contributed by atoms with Crippen molar-refractivity contribution in [3.63, 3.8) is 0 Å². The molecular formula is C15H20BrN3O3. The Labute approximate surface area is 138 Å². The lowest BCUT2D eigenvalue weighted by atomic mass is 10.3. The van der Waals surface area contributed by atoms with E-state index in [1.807, 2.05) is 24.3 Å². The van der Waals surface area contributed by atoms with Gasteiger partial charge in [-0.05, 0) is 31.2 Å². The first-order valence-corrected chi connectivity index (χ1v) is 8.08. The number of hydrogen-bond acceptors (Lipinski definition) is 4. The number of carbonyl (C=O) groups is 2. The molecule has 0 bridgehead atoms. The molecule has 6 nitrogen and oxygen atoms in total. The lowest BCUT2D eigenvalue weighted by molar-refractivity contribution is -0.130. The number of halogens is 1. The zero-order chi connectivity index (χ0) is 15.9. The van der Waals surface area contributed by atoms with E-state index < -0.39 is 0 Å². The summed E-state index contributed by atoms with van der Waals surface area (Å²) < 4.78 is 5.96. The van der Waals surface area contributed by atoms with E-state index in [9.17, 15) is 9.59 Å². The third-order valence-electron chi connectivity index (χ3n) is 3.45. The van der Waals surface area contributed by atoms with Gasteiger partial charge < -0.3 is 19.9 Å². The van der Waals surface area contributed by atoms with Gasteiger partial charge in [-0.1, -0.05) is 15.9 Å². The predicted octanol–water partition coefficient (Wildman–Crippen LogP) is 2.16. The van der Waals surface area contributed by atoms with Crippen molar-refractivity contribution < 1.29 is 14.3 Å². The zero-order valence-electron chi connectivity index (χ0n) is 12.5. The lowest BCUT2D eigenvalue weighted by Gasteiger charge is -2.34. The van der Waals surface area contributed by atoms with Crippen LogP contribution in [0.1, 0.15) is 6.92 Å². The largest absolute Gasteiger partial charge is 0.450 e. The second-order valence-corrected chi connectivity index (χ2v) is 5.84. The van der Waals surface area contributed by atoms with Gasteiger partial charge in [-0.25, -0.2) is 4.79 Å². The van der Waals surface area contributed by atoms with Crippen molar-refractivity contribution >= 4 is 33.6 Å². The third-order valence-corrected chi connectivity index (χ3v) is 3.98. The van der Waals surface area contributed by atoms with Gasteiger partial charge in [0.05, 0.1) is 13.2 Å². The minimum Gasteiger partial charge on any atom is -0.450 e. The minimum absolute atomic E-state index is 0.0337. The highest BCUT2D eigenvalue weighted by molar-refractivity contribution is 9.10. The number of ether oxygens (including phenoxy) is 1. The van der Waals surface area contributed by atoms with Crippen molar-refractivity contribution in [2.45, 2.75) is 6.92 Å². The van der Waals surface area contributed by atoms with Crippen LogP contribution in [-0.4, -0.2) is 61.1 Å². The molecule has 1 fully saturated rings. The molecule has 1 aromatic carbocycles. The molecule has 1 aliphatic rings. The summed E-state index contributed by atoms with van der Waals surface area (Å²) in [6, 6.07) is 7.67. The topological polar surface area (TPSA) is 61.9 Å². The number of piperazine rings is 1. The Bertz CT molecular complexity index is 513. The van der Waals surface area contributed by atoms with Crippen LogP contribution in [0.3, 0.4) is 0 Å². The fourth-order valence-corrected chi connectivity index (χ4v) is 2.47. The molecule has 1 heterocycles. The van der Waals surface area contributed by atoms with Crippen LogP contribution in [0.5, 0.6) is 0 Å². The van der Waals surface area contributed by atoms with E-state index in [2.05, 4.69) is 21.2 Å². The maximum Gasteiger partial charge on any atom is 0.409 e. The monoisotopic (exact) mass is 369 g/mol. The van der Waals surface area contributed by atoms with Crippen LogP contribution in [-0.2, 0) is 9.53 Å².